The fourth-order valence-corrected chi connectivity index (χ4v) is 5.77. The van der Waals surface area contributed by atoms with Crippen molar-refractivity contribution in [1.82, 2.24) is 4.98 Å². The molecule has 0 aliphatic rings. The van der Waals surface area contributed by atoms with E-state index in [1.165, 1.54) is 38.6 Å². The number of aliphatic hydroxyl groups is 1. The van der Waals surface area contributed by atoms with Crippen molar-refractivity contribution in [3.05, 3.63) is 114 Å². The Labute approximate surface area is 283 Å². The topological polar surface area (TPSA) is 63.3 Å². The molecule has 5 heteroatoms. The van der Waals surface area contributed by atoms with Crippen LogP contribution in [0, 0.1) is 17.9 Å². The number of carbonyl (C=O) groups is 1. The Morgan fingerprint density at radius 2 is 1.50 bits per heavy atom. The number of allylic oxidation sites excluding steroid dienone is 2. The van der Waals surface area contributed by atoms with Crippen molar-refractivity contribution >= 4 is 60.2 Å². The third-order valence-electron chi connectivity index (χ3n) is 8.39. The van der Waals surface area contributed by atoms with Crippen molar-refractivity contribution in [1.29, 1.82) is 0 Å². The van der Waals surface area contributed by atoms with Gasteiger partial charge in [0.05, 0.1) is 16.9 Å². The summed E-state index contributed by atoms with van der Waals surface area (Å²) in [6.45, 7) is 11.8. The summed E-state index contributed by atoms with van der Waals surface area (Å²) in [6.07, 6.45) is 1.31. The molecule has 0 unspecified atom stereocenters. The third kappa shape index (κ3) is 6.35. The first-order valence-corrected chi connectivity index (χ1v) is 15.6. The van der Waals surface area contributed by atoms with Crippen molar-refractivity contribution in [2.45, 2.75) is 47.5 Å². The fourth-order valence-electron chi connectivity index (χ4n) is 5.77. The van der Waals surface area contributed by atoms with Gasteiger partial charge < -0.3 is 9.52 Å². The van der Waals surface area contributed by atoms with Crippen LogP contribution in [0.25, 0.3) is 65.6 Å². The fraction of sp³-hybridized carbons (Fsp3) is 0.220. The van der Waals surface area contributed by atoms with E-state index in [4.69, 9.17) is 9.40 Å². The molecule has 7 rings (SSSR count). The molecule has 46 heavy (non-hydrogen) atoms. The number of benzene rings is 5. The molecule has 7 aromatic rings. The molecule has 2 heterocycles. The number of rotatable bonds is 5. The largest absolute Gasteiger partial charge is 0.512 e. The predicted molar refractivity (Wildman–Crippen MR) is 188 cm³/mol. The monoisotopic (exact) mass is 785 g/mol. The first kappa shape index (κ1) is 33.1. The standard InChI is InChI=1S/C32H22NO.C9H16O2.Ir/c1-19(2)23-8-5-9-28-25(23)14-15-27(33-28)22-13-16-29-26(18-22)32-30(34-29)17-12-21-11-10-20-6-3-4-7-24(20)31(21)32;1-6(2)8(10)5-9(11)7(3)4;/h3-12,14-19H,1-2H3;5-7,10H,1-4H3;/q-1;;/b;8-5-;. The van der Waals surface area contributed by atoms with E-state index in [-0.39, 0.29) is 43.5 Å². The summed E-state index contributed by atoms with van der Waals surface area (Å²) < 4.78 is 6.26. The Bertz CT molecular complexity index is 2240. The summed E-state index contributed by atoms with van der Waals surface area (Å²) in [5.74, 6) is 0.619. The Morgan fingerprint density at radius 3 is 2.24 bits per heavy atom. The first-order valence-electron chi connectivity index (χ1n) is 15.6. The second kappa shape index (κ2) is 13.6. The molecule has 0 saturated heterocycles. The number of aromatic nitrogens is 1. The molecule has 0 saturated carbocycles. The summed E-state index contributed by atoms with van der Waals surface area (Å²) in [5.41, 5.74) is 6.00. The molecule has 5 aromatic carbocycles. The van der Waals surface area contributed by atoms with E-state index in [0.29, 0.717) is 5.92 Å². The van der Waals surface area contributed by atoms with Crippen LogP contribution in [0.1, 0.15) is 53.0 Å². The summed E-state index contributed by atoms with van der Waals surface area (Å²) in [6, 6.07) is 35.4. The quantitative estimate of drug-likeness (QED) is 0.0817. The van der Waals surface area contributed by atoms with E-state index in [9.17, 15) is 9.90 Å². The molecule has 0 fully saturated rings. The maximum Gasteiger partial charge on any atom is 0.161 e. The van der Waals surface area contributed by atoms with Gasteiger partial charge in [-0.15, -0.1) is 23.8 Å². The zero-order valence-electron chi connectivity index (χ0n) is 27.0. The number of hydrogen-bond acceptors (Lipinski definition) is 4. The van der Waals surface area contributed by atoms with Gasteiger partial charge in [-0.2, -0.15) is 0 Å². The minimum absolute atomic E-state index is 0. The van der Waals surface area contributed by atoms with Crippen LogP contribution in [-0.4, -0.2) is 15.9 Å². The number of pyridine rings is 1. The first-order chi connectivity index (χ1) is 21.6. The van der Waals surface area contributed by atoms with Gasteiger partial charge in [0.15, 0.2) is 5.78 Å². The minimum atomic E-state index is -0.0316. The van der Waals surface area contributed by atoms with Gasteiger partial charge in [-0.25, -0.2) is 0 Å². The number of ketones is 1. The summed E-state index contributed by atoms with van der Waals surface area (Å²) in [4.78, 5) is 16.0. The Morgan fingerprint density at radius 1 is 0.761 bits per heavy atom. The number of nitrogens with zero attached hydrogens (tertiary/aromatic N) is 1. The van der Waals surface area contributed by atoms with Gasteiger partial charge in [0, 0.05) is 48.8 Å². The zero-order chi connectivity index (χ0) is 31.8. The molecule has 4 nitrogen and oxygen atoms in total. The van der Waals surface area contributed by atoms with Crippen LogP contribution in [0.15, 0.2) is 107 Å². The van der Waals surface area contributed by atoms with Gasteiger partial charge >= 0.3 is 0 Å². The molecule has 0 amide bonds. The van der Waals surface area contributed by atoms with Crippen LogP contribution in [0.5, 0.6) is 0 Å². The Balaban J connectivity index is 0.000000302. The van der Waals surface area contributed by atoms with Crippen LogP contribution >= 0.6 is 0 Å². The van der Waals surface area contributed by atoms with E-state index in [1.807, 2.05) is 33.8 Å². The molecule has 0 bridgehead atoms. The average molecular weight is 785 g/mol. The van der Waals surface area contributed by atoms with Crippen LogP contribution in [0.2, 0.25) is 0 Å². The Hall–Kier alpha value is -4.31. The smallest absolute Gasteiger partial charge is 0.161 e. The molecule has 0 aliphatic carbocycles. The van der Waals surface area contributed by atoms with E-state index >= 15 is 0 Å². The van der Waals surface area contributed by atoms with E-state index < -0.39 is 0 Å². The molecule has 0 spiro atoms. The molecule has 1 N–H and O–H groups in total. The average Bonchev–Trinajstić information content (AvgIpc) is 3.42. The molecule has 2 aromatic heterocycles. The SMILES string of the molecule is CC(C)C(=O)/C=C(\O)C(C)C.CC(C)c1cccc2nc(-c3[c-]cc4oc5ccc6ccc7ccccc7c6c5c4c3)ccc12.[Ir]. The molecular formula is C41H38IrNO3-. The number of furan rings is 1. The van der Waals surface area contributed by atoms with Crippen LogP contribution in [-0.2, 0) is 24.9 Å². The summed E-state index contributed by atoms with van der Waals surface area (Å²) >= 11 is 0. The van der Waals surface area contributed by atoms with Crippen LogP contribution < -0.4 is 0 Å². The number of carbonyl (C=O) groups excluding carboxylic acids is 1. The van der Waals surface area contributed by atoms with Gasteiger partial charge in [-0.1, -0.05) is 114 Å². The molecule has 0 atom stereocenters. The Kier molecular flexibility index (Phi) is 9.76. The van der Waals surface area contributed by atoms with Crippen LogP contribution in [0.4, 0.5) is 0 Å². The molecule has 1 radical (unpaired) electrons. The maximum atomic E-state index is 11.0. The molecular weight excluding hydrogens is 747 g/mol. The van der Waals surface area contributed by atoms with E-state index in [1.54, 1.807) is 0 Å². The molecule has 0 aliphatic heterocycles. The van der Waals surface area contributed by atoms with Crippen molar-refractivity contribution in [2.75, 3.05) is 0 Å². The number of fused-ring (bicyclic) bond motifs is 8. The summed E-state index contributed by atoms with van der Waals surface area (Å²) in [7, 11) is 0. The normalized spacial score (nSPS) is 12.0. The predicted octanol–water partition coefficient (Wildman–Crippen LogP) is 11.3. The van der Waals surface area contributed by atoms with Gasteiger partial charge in [0.1, 0.15) is 5.58 Å². The van der Waals surface area contributed by atoms with Crippen molar-refractivity contribution in [3.63, 3.8) is 0 Å². The second-order valence-electron chi connectivity index (χ2n) is 12.6. The van der Waals surface area contributed by atoms with Gasteiger partial charge in [0.2, 0.25) is 0 Å². The second-order valence-corrected chi connectivity index (χ2v) is 12.6. The zero-order valence-corrected chi connectivity index (χ0v) is 29.4. The third-order valence-corrected chi connectivity index (χ3v) is 8.39. The summed E-state index contributed by atoms with van der Waals surface area (Å²) in [5, 5.41) is 17.6. The van der Waals surface area contributed by atoms with Crippen molar-refractivity contribution in [2.24, 2.45) is 11.8 Å². The van der Waals surface area contributed by atoms with E-state index in [0.717, 1.165) is 38.7 Å². The minimum Gasteiger partial charge on any atom is -0.512 e. The van der Waals surface area contributed by atoms with Gasteiger partial charge in [-0.05, 0) is 50.9 Å². The van der Waals surface area contributed by atoms with Crippen LogP contribution in [0.3, 0.4) is 0 Å². The molecule has 235 valence electrons. The number of hydrogen-bond donors (Lipinski definition) is 1. The van der Waals surface area contributed by atoms with Crippen molar-refractivity contribution < 1.29 is 34.4 Å². The van der Waals surface area contributed by atoms with Crippen molar-refractivity contribution in [3.8, 4) is 11.3 Å². The van der Waals surface area contributed by atoms with E-state index in [2.05, 4.69) is 105 Å². The van der Waals surface area contributed by atoms with Gasteiger partial charge in [-0.3, -0.25) is 9.78 Å². The number of aliphatic hydroxyl groups excluding tert-OH is 1. The van der Waals surface area contributed by atoms with Gasteiger partial charge in [0.25, 0.3) is 0 Å². The maximum absolute atomic E-state index is 11.0.